The number of rotatable bonds is 9. The Hall–Kier alpha value is -4.25. The number of esters is 2. The summed E-state index contributed by atoms with van der Waals surface area (Å²) in [5, 5.41) is 2.51. The lowest BCUT2D eigenvalue weighted by Gasteiger charge is -2.12. The van der Waals surface area contributed by atoms with Crippen LogP contribution in [0, 0.1) is 0 Å². The first-order valence-corrected chi connectivity index (χ1v) is 12.3. The molecule has 10 nitrogen and oxygen atoms in total. The van der Waals surface area contributed by atoms with Crippen LogP contribution in [-0.4, -0.2) is 50.7 Å². The van der Waals surface area contributed by atoms with Crippen LogP contribution in [0.2, 0.25) is 0 Å². The summed E-state index contributed by atoms with van der Waals surface area (Å²) in [6.07, 6.45) is 2.31. The predicted molar refractivity (Wildman–Crippen MR) is 129 cm³/mol. The first kappa shape index (κ1) is 25.4. The first-order chi connectivity index (χ1) is 16.7. The van der Waals surface area contributed by atoms with Gasteiger partial charge in [-0.3, -0.25) is 14.5 Å². The van der Waals surface area contributed by atoms with Gasteiger partial charge in [0.15, 0.2) is 6.61 Å². The minimum atomic E-state index is -3.53. The minimum Gasteiger partial charge on any atom is -0.462 e. The van der Waals surface area contributed by atoms with E-state index in [1.165, 1.54) is 36.5 Å². The third kappa shape index (κ3) is 7.37. The highest BCUT2D eigenvalue weighted by Crippen LogP contribution is 2.23. The molecule has 1 heterocycles. The van der Waals surface area contributed by atoms with Gasteiger partial charge in [0.25, 0.3) is 5.91 Å². The van der Waals surface area contributed by atoms with Crippen LogP contribution in [0.1, 0.15) is 27.6 Å². The van der Waals surface area contributed by atoms with Gasteiger partial charge in [0.1, 0.15) is 0 Å². The normalized spacial score (nSPS) is 10.8. The number of nitrogens with zero attached hydrogens (tertiary/aromatic N) is 1. The molecule has 2 N–H and O–H groups in total. The van der Waals surface area contributed by atoms with Crippen LogP contribution in [0.3, 0.4) is 0 Å². The van der Waals surface area contributed by atoms with Crippen LogP contribution in [0.4, 0.5) is 11.4 Å². The van der Waals surface area contributed by atoms with Crippen LogP contribution in [-0.2, 0) is 24.3 Å². The number of hydrogen-bond donors (Lipinski definition) is 2. The second-order valence-corrected chi connectivity index (χ2v) is 9.03. The van der Waals surface area contributed by atoms with E-state index in [-0.39, 0.29) is 29.1 Å². The fourth-order valence-corrected chi connectivity index (χ4v) is 3.58. The zero-order valence-electron chi connectivity index (χ0n) is 19.0. The van der Waals surface area contributed by atoms with Crippen molar-refractivity contribution in [2.75, 3.05) is 29.5 Å². The van der Waals surface area contributed by atoms with E-state index in [4.69, 9.17) is 9.47 Å². The van der Waals surface area contributed by atoms with Crippen molar-refractivity contribution in [2.24, 2.45) is 0 Å². The number of sulfonamides is 1. The van der Waals surface area contributed by atoms with Crippen molar-refractivity contribution in [3.8, 4) is 11.3 Å². The van der Waals surface area contributed by atoms with Gasteiger partial charge in [0, 0.05) is 11.3 Å². The lowest BCUT2D eigenvalue weighted by molar-refractivity contribution is -0.119. The van der Waals surface area contributed by atoms with E-state index in [0.717, 1.165) is 11.8 Å². The van der Waals surface area contributed by atoms with Gasteiger partial charge in [0.2, 0.25) is 10.0 Å². The Morgan fingerprint density at radius 2 is 1.69 bits per heavy atom. The molecule has 182 valence electrons. The van der Waals surface area contributed by atoms with Crippen LogP contribution < -0.4 is 10.0 Å². The van der Waals surface area contributed by atoms with Crippen molar-refractivity contribution < 1.29 is 32.3 Å². The van der Waals surface area contributed by atoms with Gasteiger partial charge < -0.3 is 14.8 Å². The number of nitrogens with one attached hydrogen (secondary N) is 2. The average molecular weight is 498 g/mol. The molecule has 0 spiro atoms. The van der Waals surface area contributed by atoms with E-state index in [2.05, 4.69) is 15.0 Å². The molecule has 0 fully saturated rings. The van der Waals surface area contributed by atoms with Gasteiger partial charge in [-0.2, -0.15) is 0 Å². The summed E-state index contributed by atoms with van der Waals surface area (Å²) < 4.78 is 35.1. The molecule has 1 amide bonds. The van der Waals surface area contributed by atoms with E-state index in [1.54, 1.807) is 6.92 Å². The lowest BCUT2D eigenvalue weighted by atomic mass is 10.1. The third-order valence-corrected chi connectivity index (χ3v) is 5.09. The number of aromatic nitrogens is 1. The van der Waals surface area contributed by atoms with E-state index in [9.17, 15) is 22.8 Å². The van der Waals surface area contributed by atoms with Gasteiger partial charge in [-0.1, -0.05) is 36.4 Å². The molecule has 0 aliphatic carbocycles. The molecule has 3 rings (SSSR count). The third-order valence-electron chi connectivity index (χ3n) is 4.48. The summed E-state index contributed by atoms with van der Waals surface area (Å²) in [5.74, 6) is -2.18. The Labute approximate surface area is 202 Å². The summed E-state index contributed by atoms with van der Waals surface area (Å²) in [6, 6.07) is 16.3. The van der Waals surface area contributed by atoms with E-state index in [0.29, 0.717) is 5.69 Å². The summed E-state index contributed by atoms with van der Waals surface area (Å²) >= 11 is 0. The number of ether oxygens (including phenoxy) is 2. The smallest absolute Gasteiger partial charge is 0.340 e. The molecule has 0 saturated carbocycles. The van der Waals surface area contributed by atoms with Gasteiger partial charge in [-0.25, -0.2) is 18.0 Å². The SMILES string of the molecule is CCOC(=O)c1cc(-c2ccccc2)ncc1NC(=O)COC(=O)c1cccc(NS(C)(=O)=O)c1. The van der Waals surface area contributed by atoms with Crippen molar-refractivity contribution in [2.45, 2.75) is 6.92 Å². The summed E-state index contributed by atoms with van der Waals surface area (Å²) in [4.78, 5) is 41.5. The molecular weight excluding hydrogens is 474 g/mol. The van der Waals surface area contributed by atoms with E-state index >= 15 is 0 Å². The molecule has 0 atom stereocenters. The summed E-state index contributed by atoms with van der Waals surface area (Å²) in [6.45, 7) is 1.15. The van der Waals surface area contributed by atoms with Gasteiger partial charge in [-0.05, 0) is 31.2 Å². The number of carbonyl (C=O) groups excluding carboxylic acids is 3. The molecule has 1 aromatic heterocycles. The standard InChI is InChI=1S/C24H23N3O7S/c1-3-33-24(30)19-13-20(16-8-5-4-6-9-16)25-14-21(19)26-22(28)15-34-23(29)17-10-7-11-18(12-17)27-35(2,31)32/h4-14,27H,3,15H2,1-2H3,(H,26,28). The summed E-state index contributed by atoms with van der Waals surface area (Å²) in [7, 11) is -3.53. The van der Waals surface area contributed by atoms with Gasteiger partial charge in [0.05, 0.1) is 41.6 Å². The first-order valence-electron chi connectivity index (χ1n) is 10.4. The molecular formula is C24H23N3O7S. The number of benzene rings is 2. The number of hydrogen-bond acceptors (Lipinski definition) is 8. The summed E-state index contributed by atoms with van der Waals surface area (Å²) in [5.41, 5.74) is 1.71. The average Bonchev–Trinajstić information content (AvgIpc) is 2.82. The largest absolute Gasteiger partial charge is 0.462 e. The Bertz CT molecular complexity index is 1340. The van der Waals surface area contributed by atoms with Crippen molar-refractivity contribution in [1.82, 2.24) is 4.98 Å². The molecule has 0 saturated heterocycles. The Morgan fingerprint density at radius 1 is 0.943 bits per heavy atom. The van der Waals surface area contributed by atoms with Crippen LogP contribution in [0.25, 0.3) is 11.3 Å². The number of pyridine rings is 1. The van der Waals surface area contributed by atoms with Crippen LogP contribution in [0.5, 0.6) is 0 Å². The number of carbonyl (C=O) groups is 3. The Morgan fingerprint density at radius 3 is 2.37 bits per heavy atom. The maximum atomic E-state index is 12.5. The Kier molecular flexibility index (Phi) is 8.16. The predicted octanol–water partition coefficient (Wildman–Crippen LogP) is 3.09. The molecule has 0 radical (unpaired) electrons. The fourth-order valence-electron chi connectivity index (χ4n) is 3.02. The minimum absolute atomic E-state index is 0.0487. The molecule has 0 unspecified atom stereocenters. The van der Waals surface area contributed by atoms with Gasteiger partial charge >= 0.3 is 11.9 Å². The lowest BCUT2D eigenvalue weighted by Crippen LogP contribution is -2.22. The highest BCUT2D eigenvalue weighted by atomic mass is 32.2. The highest BCUT2D eigenvalue weighted by Gasteiger charge is 2.18. The quantitative estimate of drug-likeness (QED) is 0.430. The van der Waals surface area contributed by atoms with Crippen molar-refractivity contribution in [1.29, 1.82) is 0 Å². The monoisotopic (exact) mass is 497 g/mol. The van der Waals surface area contributed by atoms with Crippen LogP contribution in [0.15, 0.2) is 66.9 Å². The molecule has 3 aromatic rings. The maximum absolute atomic E-state index is 12.5. The fraction of sp³-hybridized carbons (Fsp3) is 0.167. The second-order valence-electron chi connectivity index (χ2n) is 7.28. The number of anilines is 2. The van der Waals surface area contributed by atoms with Crippen molar-refractivity contribution >= 4 is 39.2 Å². The topological polar surface area (TPSA) is 141 Å². The molecule has 35 heavy (non-hydrogen) atoms. The molecule has 2 aromatic carbocycles. The molecule has 0 aliphatic heterocycles. The molecule has 0 aliphatic rings. The molecule has 0 bridgehead atoms. The molecule has 11 heteroatoms. The van der Waals surface area contributed by atoms with Crippen molar-refractivity contribution in [3.63, 3.8) is 0 Å². The van der Waals surface area contributed by atoms with E-state index < -0.39 is 34.5 Å². The maximum Gasteiger partial charge on any atom is 0.340 e. The van der Waals surface area contributed by atoms with E-state index in [1.807, 2.05) is 30.3 Å². The zero-order chi connectivity index (χ0) is 25.4. The van der Waals surface area contributed by atoms with Crippen LogP contribution >= 0.6 is 0 Å². The highest BCUT2D eigenvalue weighted by molar-refractivity contribution is 7.92. The van der Waals surface area contributed by atoms with Gasteiger partial charge in [-0.15, -0.1) is 0 Å². The zero-order valence-corrected chi connectivity index (χ0v) is 19.8. The number of amides is 1. The Balaban J connectivity index is 1.71. The van der Waals surface area contributed by atoms with Crippen molar-refractivity contribution in [3.05, 3.63) is 78.0 Å². The second kappa shape index (κ2) is 11.3.